The van der Waals surface area contributed by atoms with Crippen LogP contribution in [0.2, 0.25) is 5.02 Å². The second-order valence-electron chi connectivity index (χ2n) is 6.64. The highest BCUT2D eigenvalue weighted by atomic mass is 35.5. The number of rotatable bonds is 3. The van der Waals surface area contributed by atoms with Crippen molar-refractivity contribution >= 4 is 29.2 Å². The summed E-state index contributed by atoms with van der Waals surface area (Å²) in [5, 5.41) is 3.47. The number of hydrogen-bond acceptors (Lipinski definition) is 2. The number of hydrogen-bond donors (Lipinski definition) is 1. The van der Waals surface area contributed by atoms with Gasteiger partial charge in [-0.15, -0.1) is 0 Å². The third kappa shape index (κ3) is 3.15. The van der Waals surface area contributed by atoms with Gasteiger partial charge in [-0.3, -0.25) is 9.69 Å². The van der Waals surface area contributed by atoms with Crippen LogP contribution in [0.3, 0.4) is 0 Å². The third-order valence-electron chi connectivity index (χ3n) is 5.03. The average molecular weight is 370 g/mol. The SMILES string of the molecule is O=C1NCCN1c1ccc(C(=O)N2CCCC2c2cccc(Cl)c2)cc1. The van der Waals surface area contributed by atoms with Gasteiger partial charge in [-0.05, 0) is 54.8 Å². The van der Waals surface area contributed by atoms with Gasteiger partial charge in [0.15, 0.2) is 0 Å². The van der Waals surface area contributed by atoms with Crippen LogP contribution in [-0.4, -0.2) is 36.5 Å². The van der Waals surface area contributed by atoms with Gasteiger partial charge in [-0.2, -0.15) is 0 Å². The largest absolute Gasteiger partial charge is 0.336 e. The first-order chi connectivity index (χ1) is 12.6. The van der Waals surface area contributed by atoms with E-state index >= 15 is 0 Å². The van der Waals surface area contributed by atoms with Crippen molar-refractivity contribution in [1.82, 2.24) is 10.2 Å². The summed E-state index contributed by atoms with van der Waals surface area (Å²) >= 11 is 6.12. The number of nitrogens with one attached hydrogen (secondary N) is 1. The molecule has 1 unspecified atom stereocenters. The molecular weight excluding hydrogens is 350 g/mol. The van der Waals surface area contributed by atoms with E-state index in [4.69, 9.17) is 11.6 Å². The lowest BCUT2D eigenvalue weighted by Gasteiger charge is -2.25. The highest BCUT2D eigenvalue weighted by Gasteiger charge is 2.31. The van der Waals surface area contributed by atoms with Crippen LogP contribution in [0.5, 0.6) is 0 Å². The van der Waals surface area contributed by atoms with Crippen LogP contribution in [0.15, 0.2) is 48.5 Å². The highest BCUT2D eigenvalue weighted by Crippen LogP contribution is 2.34. The molecule has 6 heteroatoms. The Morgan fingerprint density at radius 1 is 1.12 bits per heavy atom. The topological polar surface area (TPSA) is 52.7 Å². The van der Waals surface area contributed by atoms with E-state index in [9.17, 15) is 9.59 Å². The summed E-state index contributed by atoms with van der Waals surface area (Å²) in [5.41, 5.74) is 2.53. The number of nitrogens with zero attached hydrogens (tertiary/aromatic N) is 2. The lowest BCUT2D eigenvalue weighted by molar-refractivity contribution is 0.0735. The molecule has 134 valence electrons. The Bertz CT molecular complexity index is 837. The lowest BCUT2D eigenvalue weighted by Crippen LogP contribution is -2.31. The van der Waals surface area contributed by atoms with E-state index < -0.39 is 0 Å². The Labute approximate surface area is 157 Å². The molecule has 1 N–H and O–H groups in total. The first kappa shape index (κ1) is 16.9. The summed E-state index contributed by atoms with van der Waals surface area (Å²) < 4.78 is 0. The minimum atomic E-state index is -0.0929. The summed E-state index contributed by atoms with van der Waals surface area (Å²) in [6, 6.07) is 15.0. The zero-order valence-corrected chi connectivity index (χ0v) is 15.1. The Morgan fingerprint density at radius 3 is 2.62 bits per heavy atom. The zero-order valence-electron chi connectivity index (χ0n) is 14.3. The van der Waals surface area contributed by atoms with E-state index in [1.165, 1.54) is 0 Å². The number of amides is 3. The van der Waals surface area contributed by atoms with Crippen LogP contribution in [0.4, 0.5) is 10.5 Å². The van der Waals surface area contributed by atoms with E-state index in [0.717, 1.165) is 30.6 Å². The van der Waals surface area contributed by atoms with E-state index in [-0.39, 0.29) is 18.0 Å². The van der Waals surface area contributed by atoms with Gasteiger partial charge in [0.05, 0.1) is 6.04 Å². The van der Waals surface area contributed by atoms with Crippen molar-refractivity contribution in [3.05, 3.63) is 64.7 Å². The molecule has 2 fully saturated rings. The molecule has 5 nitrogen and oxygen atoms in total. The molecule has 0 bridgehead atoms. The Kier molecular flexibility index (Phi) is 4.55. The van der Waals surface area contributed by atoms with Crippen LogP contribution < -0.4 is 10.2 Å². The number of carbonyl (C=O) groups is 2. The predicted octanol–water partition coefficient (Wildman–Crippen LogP) is 3.85. The fourth-order valence-corrected chi connectivity index (χ4v) is 3.94. The first-order valence-electron chi connectivity index (χ1n) is 8.85. The van der Waals surface area contributed by atoms with Crippen molar-refractivity contribution in [2.75, 3.05) is 24.5 Å². The third-order valence-corrected chi connectivity index (χ3v) is 5.26. The standard InChI is InChI=1S/C20H20ClN3O2/c21-16-4-1-3-15(13-16)18-5-2-11-24(18)19(25)14-6-8-17(9-7-14)23-12-10-22-20(23)26/h1,3-4,6-9,13,18H,2,5,10-12H2,(H,22,26). The Balaban J connectivity index is 1.54. The van der Waals surface area contributed by atoms with Crippen LogP contribution in [0.1, 0.15) is 34.8 Å². The van der Waals surface area contributed by atoms with E-state index in [0.29, 0.717) is 23.7 Å². The summed E-state index contributed by atoms with van der Waals surface area (Å²) in [7, 11) is 0. The number of halogens is 1. The summed E-state index contributed by atoms with van der Waals surface area (Å²) in [6.07, 6.45) is 1.92. The first-order valence-corrected chi connectivity index (χ1v) is 9.23. The molecule has 0 aromatic heterocycles. The number of urea groups is 1. The number of anilines is 1. The van der Waals surface area contributed by atoms with Crippen molar-refractivity contribution in [1.29, 1.82) is 0 Å². The summed E-state index contributed by atoms with van der Waals surface area (Å²) in [5.74, 6) is 0.0184. The van der Waals surface area contributed by atoms with Gasteiger partial charge in [-0.1, -0.05) is 23.7 Å². The minimum absolute atomic E-state index is 0.0184. The van der Waals surface area contributed by atoms with E-state index in [1.807, 2.05) is 41.3 Å². The number of benzene rings is 2. The maximum atomic E-state index is 13.0. The number of likely N-dealkylation sites (tertiary alicyclic amines) is 1. The van der Waals surface area contributed by atoms with Gasteiger partial charge in [0.25, 0.3) is 5.91 Å². The lowest BCUT2D eigenvalue weighted by atomic mass is 10.0. The summed E-state index contributed by atoms with van der Waals surface area (Å²) in [6.45, 7) is 2.04. The van der Waals surface area contributed by atoms with Crippen molar-refractivity contribution in [2.24, 2.45) is 0 Å². The van der Waals surface area contributed by atoms with Crippen molar-refractivity contribution in [3.63, 3.8) is 0 Å². The van der Waals surface area contributed by atoms with Gasteiger partial charge in [0.2, 0.25) is 0 Å². The molecule has 2 aromatic carbocycles. The maximum Gasteiger partial charge on any atom is 0.321 e. The van der Waals surface area contributed by atoms with Gasteiger partial charge < -0.3 is 10.2 Å². The molecule has 1 atom stereocenters. The molecule has 0 radical (unpaired) electrons. The van der Waals surface area contributed by atoms with Gasteiger partial charge in [-0.25, -0.2) is 4.79 Å². The minimum Gasteiger partial charge on any atom is -0.336 e. The average Bonchev–Trinajstić information content (AvgIpc) is 3.30. The molecular formula is C20H20ClN3O2. The smallest absolute Gasteiger partial charge is 0.321 e. The Morgan fingerprint density at radius 2 is 1.92 bits per heavy atom. The molecule has 3 amide bonds. The molecule has 2 saturated heterocycles. The van der Waals surface area contributed by atoms with Crippen LogP contribution >= 0.6 is 11.6 Å². The second-order valence-corrected chi connectivity index (χ2v) is 7.08. The monoisotopic (exact) mass is 369 g/mol. The van der Waals surface area contributed by atoms with Gasteiger partial charge >= 0.3 is 6.03 Å². The molecule has 26 heavy (non-hydrogen) atoms. The zero-order chi connectivity index (χ0) is 18.1. The fourth-order valence-electron chi connectivity index (χ4n) is 3.74. The van der Waals surface area contributed by atoms with Crippen LogP contribution in [-0.2, 0) is 0 Å². The quantitative estimate of drug-likeness (QED) is 0.893. The van der Waals surface area contributed by atoms with Crippen LogP contribution in [0, 0.1) is 0 Å². The van der Waals surface area contributed by atoms with Crippen LogP contribution in [0.25, 0.3) is 0 Å². The molecule has 0 saturated carbocycles. The molecule has 2 aliphatic rings. The molecule has 2 aromatic rings. The molecule has 0 spiro atoms. The van der Waals surface area contributed by atoms with Crippen molar-refractivity contribution in [3.8, 4) is 0 Å². The number of carbonyl (C=O) groups excluding carboxylic acids is 2. The molecule has 2 heterocycles. The van der Waals surface area contributed by atoms with E-state index in [1.54, 1.807) is 17.0 Å². The van der Waals surface area contributed by atoms with Crippen molar-refractivity contribution in [2.45, 2.75) is 18.9 Å². The maximum absolute atomic E-state index is 13.0. The van der Waals surface area contributed by atoms with Crippen molar-refractivity contribution < 1.29 is 9.59 Å². The normalized spacial score (nSPS) is 19.7. The highest BCUT2D eigenvalue weighted by molar-refractivity contribution is 6.30. The van der Waals surface area contributed by atoms with Gasteiger partial charge in [0.1, 0.15) is 0 Å². The van der Waals surface area contributed by atoms with Gasteiger partial charge in [0, 0.05) is 35.9 Å². The second kappa shape index (κ2) is 7.00. The molecule has 2 aliphatic heterocycles. The predicted molar refractivity (Wildman–Crippen MR) is 102 cm³/mol. The fraction of sp³-hybridized carbons (Fsp3) is 0.300. The molecule has 4 rings (SSSR count). The molecule has 0 aliphatic carbocycles. The summed E-state index contributed by atoms with van der Waals surface area (Å²) in [4.78, 5) is 28.4. The Hall–Kier alpha value is -2.53. The van der Waals surface area contributed by atoms with E-state index in [2.05, 4.69) is 5.32 Å².